The number of rotatable bonds is 6. The molecule has 0 aliphatic rings. The van der Waals surface area contributed by atoms with Crippen LogP contribution in [0.25, 0.3) is 0 Å². The first-order chi connectivity index (χ1) is 8.02. The molecule has 98 valence electrons. The third-order valence-electron chi connectivity index (χ3n) is 2.78. The Morgan fingerprint density at radius 1 is 1.53 bits per heavy atom. The molecule has 0 saturated heterocycles. The van der Waals surface area contributed by atoms with E-state index >= 15 is 0 Å². The van der Waals surface area contributed by atoms with Crippen LogP contribution in [0.4, 0.5) is 0 Å². The minimum Gasteiger partial charge on any atom is -0.384 e. The van der Waals surface area contributed by atoms with Crippen LogP contribution in [-0.2, 0) is 4.74 Å². The molecule has 5 heteroatoms. The molecule has 0 aromatic carbocycles. The van der Waals surface area contributed by atoms with Gasteiger partial charge in [0.1, 0.15) is 6.10 Å². The summed E-state index contributed by atoms with van der Waals surface area (Å²) in [5, 5.41) is 14.7. The number of aliphatic hydroxyl groups excluding tert-OH is 1. The summed E-state index contributed by atoms with van der Waals surface area (Å²) in [5.74, 6) is 0. The lowest BCUT2D eigenvalue weighted by Crippen LogP contribution is -2.24. The Kier molecular flexibility index (Phi) is 5.62. The molecule has 0 amide bonds. The van der Waals surface area contributed by atoms with E-state index in [2.05, 4.69) is 28.0 Å². The zero-order valence-corrected chi connectivity index (χ0v) is 12.4. The Morgan fingerprint density at radius 2 is 2.18 bits per heavy atom. The molecule has 0 bridgehead atoms. The van der Waals surface area contributed by atoms with Crippen LogP contribution in [0, 0.1) is 0 Å². The second-order valence-electron chi connectivity index (χ2n) is 4.42. The summed E-state index contributed by atoms with van der Waals surface area (Å²) in [6.45, 7) is 6.15. The van der Waals surface area contributed by atoms with Crippen molar-refractivity contribution in [2.75, 3.05) is 7.11 Å². The van der Waals surface area contributed by atoms with Crippen molar-refractivity contribution in [2.24, 2.45) is 0 Å². The Morgan fingerprint density at radius 3 is 2.65 bits per heavy atom. The third kappa shape index (κ3) is 3.30. The quantitative estimate of drug-likeness (QED) is 0.878. The Balaban J connectivity index is 3.00. The number of halogens is 1. The maximum absolute atomic E-state index is 10.4. The van der Waals surface area contributed by atoms with E-state index < -0.39 is 6.10 Å². The summed E-state index contributed by atoms with van der Waals surface area (Å²) >= 11 is 3.44. The van der Waals surface area contributed by atoms with Gasteiger partial charge in [-0.3, -0.25) is 4.68 Å². The molecule has 0 saturated carbocycles. The van der Waals surface area contributed by atoms with Gasteiger partial charge in [-0.1, -0.05) is 13.3 Å². The van der Waals surface area contributed by atoms with E-state index in [0.717, 1.165) is 23.0 Å². The summed E-state index contributed by atoms with van der Waals surface area (Å²) in [6, 6.07) is 0.213. The molecule has 2 atom stereocenters. The van der Waals surface area contributed by atoms with E-state index in [1.54, 1.807) is 13.3 Å². The zero-order valence-electron chi connectivity index (χ0n) is 10.9. The van der Waals surface area contributed by atoms with Crippen LogP contribution >= 0.6 is 15.9 Å². The fourth-order valence-corrected chi connectivity index (χ4v) is 2.41. The highest BCUT2D eigenvalue weighted by Crippen LogP contribution is 2.30. The summed E-state index contributed by atoms with van der Waals surface area (Å²) in [6.07, 6.45) is 2.68. The summed E-state index contributed by atoms with van der Waals surface area (Å²) in [5.41, 5.74) is 0.792. The van der Waals surface area contributed by atoms with Crippen LogP contribution in [0.15, 0.2) is 10.7 Å². The first-order valence-corrected chi connectivity index (χ1v) is 6.75. The summed E-state index contributed by atoms with van der Waals surface area (Å²) < 4.78 is 8.01. The van der Waals surface area contributed by atoms with Crippen molar-refractivity contribution in [3.63, 3.8) is 0 Å². The first kappa shape index (κ1) is 14.7. The number of aliphatic hydroxyl groups is 1. The van der Waals surface area contributed by atoms with Gasteiger partial charge < -0.3 is 9.84 Å². The Labute approximate surface area is 111 Å². The number of hydrogen-bond acceptors (Lipinski definition) is 3. The van der Waals surface area contributed by atoms with Gasteiger partial charge in [-0.2, -0.15) is 5.10 Å². The van der Waals surface area contributed by atoms with E-state index in [-0.39, 0.29) is 12.1 Å². The number of methoxy groups -OCH3 is 1. The van der Waals surface area contributed by atoms with Crippen LogP contribution in [0.2, 0.25) is 0 Å². The minimum atomic E-state index is -0.653. The Hall–Kier alpha value is -0.390. The second kappa shape index (κ2) is 6.52. The van der Waals surface area contributed by atoms with E-state index in [0.29, 0.717) is 0 Å². The van der Waals surface area contributed by atoms with Crippen LogP contribution in [0.3, 0.4) is 0 Å². The van der Waals surface area contributed by atoms with Gasteiger partial charge >= 0.3 is 0 Å². The fourth-order valence-electron chi connectivity index (χ4n) is 1.90. The van der Waals surface area contributed by atoms with E-state index in [4.69, 9.17) is 4.74 Å². The third-order valence-corrected chi connectivity index (χ3v) is 3.40. The van der Waals surface area contributed by atoms with Crippen molar-refractivity contribution in [3.05, 3.63) is 16.4 Å². The first-order valence-electron chi connectivity index (χ1n) is 5.96. The van der Waals surface area contributed by atoms with Crippen LogP contribution in [-0.4, -0.2) is 28.1 Å². The molecule has 1 rings (SSSR count). The standard InChI is InChI=1S/C12H21BrN2O2/c1-5-6-10(17-4)12(16)11-9(13)7-14-15(11)8(2)3/h7-8,10,12,16H,5-6H2,1-4H3. The average molecular weight is 305 g/mol. The smallest absolute Gasteiger partial charge is 0.123 e. The van der Waals surface area contributed by atoms with Gasteiger partial charge in [0.15, 0.2) is 0 Å². The predicted molar refractivity (Wildman–Crippen MR) is 71.0 cm³/mol. The monoisotopic (exact) mass is 304 g/mol. The Bertz CT molecular complexity index is 352. The van der Waals surface area contributed by atoms with Gasteiger partial charge in [0.05, 0.1) is 22.5 Å². The molecule has 0 fully saturated rings. The van der Waals surface area contributed by atoms with E-state index in [9.17, 15) is 5.11 Å². The zero-order chi connectivity index (χ0) is 13.0. The average Bonchev–Trinajstić information content (AvgIpc) is 2.67. The lowest BCUT2D eigenvalue weighted by atomic mass is 10.1. The molecule has 0 spiro atoms. The van der Waals surface area contributed by atoms with Crippen molar-refractivity contribution in [2.45, 2.75) is 51.9 Å². The molecular weight excluding hydrogens is 284 g/mol. The van der Waals surface area contributed by atoms with Gasteiger partial charge in [0.2, 0.25) is 0 Å². The van der Waals surface area contributed by atoms with Crippen molar-refractivity contribution < 1.29 is 9.84 Å². The predicted octanol–water partition coefficient (Wildman–Crippen LogP) is 3.08. The highest BCUT2D eigenvalue weighted by atomic mass is 79.9. The molecule has 1 heterocycles. The maximum Gasteiger partial charge on any atom is 0.123 e. The highest BCUT2D eigenvalue weighted by Gasteiger charge is 2.26. The lowest BCUT2D eigenvalue weighted by Gasteiger charge is -2.23. The topological polar surface area (TPSA) is 47.3 Å². The molecule has 1 aromatic heterocycles. The van der Waals surface area contributed by atoms with Gasteiger partial charge in [-0.15, -0.1) is 0 Å². The second-order valence-corrected chi connectivity index (χ2v) is 5.28. The number of nitrogens with zero attached hydrogens (tertiary/aromatic N) is 2. The normalized spacial score (nSPS) is 15.2. The molecule has 1 N–H and O–H groups in total. The number of ether oxygens (including phenoxy) is 1. The highest BCUT2D eigenvalue weighted by molar-refractivity contribution is 9.10. The molecule has 1 aromatic rings. The van der Waals surface area contributed by atoms with Crippen molar-refractivity contribution >= 4 is 15.9 Å². The molecule has 0 aliphatic heterocycles. The van der Waals surface area contributed by atoms with Crippen molar-refractivity contribution in [1.29, 1.82) is 0 Å². The molecule has 17 heavy (non-hydrogen) atoms. The maximum atomic E-state index is 10.4. The summed E-state index contributed by atoms with van der Waals surface area (Å²) in [7, 11) is 1.63. The fraction of sp³-hybridized carbons (Fsp3) is 0.750. The SMILES string of the molecule is CCCC(OC)C(O)c1c(Br)cnn1C(C)C. The van der Waals surface area contributed by atoms with E-state index in [1.165, 1.54) is 0 Å². The van der Waals surface area contributed by atoms with Crippen LogP contribution in [0.1, 0.15) is 51.5 Å². The van der Waals surface area contributed by atoms with Crippen molar-refractivity contribution in [1.82, 2.24) is 9.78 Å². The largest absolute Gasteiger partial charge is 0.384 e. The van der Waals surface area contributed by atoms with Gasteiger partial charge in [-0.25, -0.2) is 0 Å². The lowest BCUT2D eigenvalue weighted by molar-refractivity contribution is -0.0228. The number of aromatic nitrogens is 2. The van der Waals surface area contributed by atoms with Gasteiger partial charge in [0, 0.05) is 13.2 Å². The van der Waals surface area contributed by atoms with Gasteiger partial charge in [-0.05, 0) is 36.2 Å². The molecule has 0 radical (unpaired) electrons. The molecule has 0 aliphatic carbocycles. The molecular formula is C12H21BrN2O2. The van der Waals surface area contributed by atoms with Gasteiger partial charge in [0.25, 0.3) is 0 Å². The van der Waals surface area contributed by atoms with E-state index in [1.807, 2.05) is 18.5 Å². The molecule has 2 unspecified atom stereocenters. The summed E-state index contributed by atoms with van der Waals surface area (Å²) in [4.78, 5) is 0. The van der Waals surface area contributed by atoms with Crippen molar-refractivity contribution in [3.8, 4) is 0 Å². The number of hydrogen-bond donors (Lipinski definition) is 1. The minimum absolute atomic E-state index is 0.189. The van der Waals surface area contributed by atoms with Crippen LogP contribution in [0.5, 0.6) is 0 Å². The van der Waals surface area contributed by atoms with Crippen LogP contribution < -0.4 is 0 Å². The molecule has 4 nitrogen and oxygen atoms in total.